The fourth-order valence-electron chi connectivity index (χ4n) is 1.09. The van der Waals surface area contributed by atoms with E-state index < -0.39 is 5.97 Å². The van der Waals surface area contributed by atoms with E-state index in [-0.39, 0.29) is 12.5 Å². The lowest BCUT2D eigenvalue weighted by atomic mass is 10.0. The van der Waals surface area contributed by atoms with Gasteiger partial charge in [-0.15, -0.1) is 0 Å². The molecule has 12 heavy (non-hydrogen) atoms. The highest BCUT2D eigenvalue weighted by Crippen LogP contribution is 2.07. The molecule has 4 heteroatoms. The van der Waals surface area contributed by atoms with E-state index in [1.54, 1.807) is 0 Å². The molecule has 0 aliphatic carbocycles. The molecule has 70 valence electrons. The number of hydrogen-bond donors (Lipinski definition) is 2. The number of carbonyl (C=O) groups excluding carboxylic acids is 1. The number of carbonyl (C=O) groups is 2. The summed E-state index contributed by atoms with van der Waals surface area (Å²) in [6, 6.07) is -0.236. The summed E-state index contributed by atoms with van der Waals surface area (Å²) in [5.74, 6) is -0.489. The van der Waals surface area contributed by atoms with Crippen molar-refractivity contribution in [2.75, 3.05) is 0 Å². The first-order valence-corrected chi connectivity index (χ1v) is 3.97. The molecular formula is C8H15NO3. The molecule has 0 spiro atoms. The second-order valence-corrected chi connectivity index (χ2v) is 3.21. The Bertz CT molecular complexity index is 156. The maximum absolute atomic E-state index is 10.3. The zero-order chi connectivity index (χ0) is 9.56. The molecule has 0 unspecified atom stereocenters. The molecule has 0 fully saturated rings. The van der Waals surface area contributed by atoms with Gasteiger partial charge in [0, 0.05) is 6.04 Å². The second-order valence-electron chi connectivity index (χ2n) is 3.21. The standard InChI is InChI=1S/C8H15NO3/c1-6(2)3-7(9-5-10)4-8(11)12/h5-7H,3-4H2,1-2H3,(H,9,10)(H,11,12)/t7-/m0/s1. The van der Waals surface area contributed by atoms with Gasteiger partial charge >= 0.3 is 5.97 Å². The molecule has 0 bridgehead atoms. The van der Waals surface area contributed by atoms with Crippen molar-refractivity contribution >= 4 is 12.4 Å². The Balaban J connectivity index is 3.85. The Morgan fingerprint density at radius 1 is 1.58 bits per heavy atom. The zero-order valence-electron chi connectivity index (χ0n) is 7.41. The molecule has 1 atom stereocenters. The maximum Gasteiger partial charge on any atom is 0.305 e. The van der Waals surface area contributed by atoms with Crippen molar-refractivity contribution in [3.63, 3.8) is 0 Å². The van der Waals surface area contributed by atoms with Gasteiger partial charge in [-0.2, -0.15) is 0 Å². The van der Waals surface area contributed by atoms with Crippen molar-refractivity contribution in [2.45, 2.75) is 32.7 Å². The van der Waals surface area contributed by atoms with Crippen molar-refractivity contribution < 1.29 is 14.7 Å². The fraction of sp³-hybridized carbons (Fsp3) is 0.750. The van der Waals surface area contributed by atoms with E-state index in [0.29, 0.717) is 18.7 Å². The third-order valence-electron chi connectivity index (χ3n) is 1.48. The zero-order valence-corrected chi connectivity index (χ0v) is 7.41. The quantitative estimate of drug-likeness (QED) is 0.579. The minimum Gasteiger partial charge on any atom is -0.481 e. The summed E-state index contributed by atoms with van der Waals surface area (Å²) in [5, 5.41) is 11.0. The van der Waals surface area contributed by atoms with Crippen molar-refractivity contribution in [2.24, 2.45) is 5.92 Å². The van der Waals surface area contributed by atoms with Crippen LogP contribution in [0, 0.1) is 5.92 Å². The van der Waals surface area contributed by atoms with Crippen molar-refractivity contribution in [3.05, 3.63) is 0 Å². The van der Waals surface area contributed by atoms with E-state index in [2.05, 4.69) is 5.32 Å². The SMILES string of the molecule is CC(C)C[C@@H](CC(=O)O)NC=O. The Hall–Kier alpha value is -1.06. The van der Waals surface area contributed by atoms with Crippen molar-refractivity contribution in [3.8, 4) is 0 Å². The van der Waals surface area contributed by atoms with E-state index in [4.69, 9.17) is 5.11 Å². The lowest BCUT2D eigenvalue weighted by Crippen LogP contribution is -2.31. The van der Waals surface area contributed by atoms with Crippen LogP contribution in [0.25, 0.3) is 0 Å². The minimum absolute atomic E-state index is 0.00306. The highest BCUT2D eigenvalue weighted by atomic mass is 16.4. The molecular weight excluding hydrogens is 158 g/mol. The van der Waals surface area contributed by atoms with Gasteiger partial charge in [-0.1, -0.05) is 13.8 Å². The highest BCUT2D eigenvalue weighted by Gasteiger charge is 2.13. The van der Waals surface area contributed by atoms with Gasteiger partial charge in [0.05, 0.1) is 6.42 Å². The summed E-state index contributed by atoms with van der Waals surface area (Å²) < 4.78 is 0. The fourth-order valence-corrected chi connectivity index (χ4v) is 1.09. The molecule has 0 rings (SSSR count). The van der Waals surface area contributed by atoms with Crippen LogP contribution in [0.4, 0.5) is 0 Å². The molecule has 2 N–H and O–H groups in total. The normalized spacial score (nSPS) is 12.6. The van der Waals surface area contributed by atoms with Crippen molar-refractivity contribution in [1.29, 1.82) is 0 Å². The largest absolute Gasteiger partial charge is 0.481 e. The van der Waals surface area contributed by atoms with Crippen molar-refractivity contribution in [1.82, 2.24) is 5.32 Å². The molecule has 0 aromatic heterocycles. The first-order valence-electron chi connectivity index (χ1n) is 3.97. The van der Waals surface area contributed by atoms with Gasteiger partial charge in [-0.25, -0.2) is 0 Å². The van der Waals surface area contributed by atoms with Gasteiger partial charge in [0.15, 0.2) is 0 Å². The Morgan fingerprint density at radius 2 is 2.17 bits per heavy atom. The summed E-state index contributed by atoms with van der Waals surface area (Å²) in [5.41, 5.74) is 0. The lowest BCUT2D eigenvalue weighted by Gasteiger charge is -2.15. The molecule has 4 nitrogen and oxygen atoms in total. The van der Waals surface area contributed by atoms with E-state index >= 15 is 0 Å². The predicted molar refractivity (Wildman–Crippen MR) is 44.7 cm³/mol. The van der Waals surface area contributed by atoms with Gasteiger partial charge in [0.2, 0.25) is 6.41 Å². The number of carboxylic acid groups (broad SMARTS) is 1. The molecule has 0 aliphatic rings. The molecule has 0 heterocycles. The number of amides is 1. The Kier molecular flexibility index (Phi) is 5.08. The first kappa shape index (κ1) is 10.9. The van der Waals surface area contributed by atoms with E-state index in [1.807, 2.05) is 13.8 Å². The summed E-state index contributed by atoms with van der Waals surface area (Å²) in [4.78, 5) is 20.4. The van der Waals surface area contributed by atoms with Crippen LogP contribution in [0.2, 0.25) is 0 Å². The summed E-state index contributed by atoms with van der Waals surface area (Å²) in [6.07, 6.45) is 1.25. The van der Waals surface area contributed by atoms with Gasteiger partial charge in [-0.3, -0.25) is 9.59 Å². The monoisotopic (exact) mass is 173 g/mol. The first-order chi connectivity index (χ1) is 5.56. The van der Waals surface area contributed by atoms with Crippen LogP contribution in [-0.2, 0) is 9.59 Å². The Morgan fingerprint density at radius 3 is 2.50 bits per heavy atom. The average Bonchev–Trinajstić information content (AvgIpc) is 1.84. The van der Waals surface area contributed by atoms with Crippen LogP contribution >= 0.6 is 0 Å². The predicted octanol–water partition coefficient (Wildman–Crippen LogP) is 0.622. The minimum atomic E-state index is -0.880. The molecule has 1 amide bonds. The van der Waals surface area contributed by atoms with Gasteiger partial charge in [0.25, 0.3) is 0 Å². The number of nitrogens with one attached hydrogen (secondary N) is 1. The molecule has 0 aliphatic heterocycles. The maximum atomic E-state index is 10.3. The van der Waals surface area contributed by atoms with Crippen LogP contribution < -0.4 is 5.32 Å². The lowest BCUT2D eigenvalue weighted by molar-refractivity contribution is -0.137. The average molecular weight is 173 g/mol. The van der Waals surface area contributed by atoms with E-state index in [0.717, 1.165) is 0 Å². The van der Waals surface area contributed by atoms with Crippen LogP contribution in [0.5, 0.6) is 0 Å². The second kappa shape index (κ2) is 5.57. The van der Waals surface area contributed by atoms with Gasteiger partial charge < -0.3 is 10.4 Å². The van der Waals surface area contributed by atoms with E-state index in [9.17, 15) is 9.59 Å². The van der Waals surface area contributed by atoms with Crippen LogP contribution in [0.1, 0.15) is 26.7 Å². The summed E-state index contributed by atoms with van der Waals surface area (Å²) in [6.45, 7) is 3.97. The third-order valence-corrected chi connectivity index (χ3v) is 1.48. The number of carboxylic acids is 1. The van der Waals surface area contributed by atoms with E-state index in [1.165, 1.54) is 0 Å². The number of rotatable bonds is 6. The smallest absolute Gasteiger partial charge is 0.305 e. The molecule has 0 saturated carbocycles. The van der Waals surface area contributed by atoms with Crippen LogP contribution in [0.15, 0.2) is 0 Å². The number of hydrogen-bond acceptors (Lipinski definition) is 2. The molecule has 0 aromatic carbocycles. The molecule has 0 aromatic rings. The Labute approximate surface area is 72.0 Å². The summed E-state index contributed by atoms with van der Waals surface area (Å²) >= 11 is 0. The highest BCUT2D eigenvalue weighted by molar-refractivity contribution is 5.68. The van der Waals surface area contributed by atoms with Crippen LogP contribution in [-0.4, -0.2) is 23.5 Å². The van der Waals surface area contributed by atoms with Gasteiger partial charge in [-0.05, 0) is 12.3 Å². The topological polar surface area (TPSA) is 66.4 Å². The van der Waals surface area contributed by atoms with Crippen LogP contribution in [0.3, 0.4) is 0 Å². The number of aliphatic carboxylic acids is 1. The van der Waals surface area contributed by atoms with Gasteiger partial charge in [0.1, 0.15) is 0 Å². The third kappa shape index (κ3) is 5.70. The summed E-state index contributed by atoms with van der Waals surface area (Å²) in [7, 11) is 0. The molecule has 0 saturated heterocycles. The molecule has 0 radical (unpaired) electrons.